The number of imidazole rings is 1. The minimum absolute atomic E-state index is 0.0453. The second-order valence-corrected chi connectivity index (χ2v) is 6.99. The summed E-state index contributed by atoms with van der Waals surface area (Å²) in [5.74, 6) is -0.479. The molecule has 6 heteroatoms. The monoisotopic (exact) mass is 377 g/mol. The Kier molecular flexibility index (Phi) is 5.10. The molecular weight excluding hydrogens is 354 g/mol. The number of benzene rings is 2. The van der Waals surface area contributed by atoms with Crippen molar-refractivity contribution in [1.29, 1.82) is 0 Å². The summed E-state index contributed by atoms with van der Waals surface area (Å²) in [5, 5.41) is 0. The van der Waals surface area contributed by atoms with E-state index in [1.807, 2.05) is 53.1 Å². The average molecular weight is 377 g/mol. The molecule has 1 aliphatic rings. The van der Waals surface area contributed by atoms with Crippen LogP contribution in [-0.2, 0) is 9.53 Å². The van der Waals surface area contributed by atoms with Crippen LogP contribution in [0.15, 0.2) is 54.9 Å². The van der Waals surface area contributed by atoms with Gasteiger partial charge in [0.25, 0.3) is 5.91 Å². The third kappa shape index (κ3) is 3.50. The molecule has 6 nitrogen and oxygen atoms in total. The van der Waals surface area contributed by atoms with Crippen LogP contribution < -0.4 is 0 Å². The van der Waals surface area contributed by atoms with E-state index in [-0.39, 0.29) is 17.8 Å². The molecule has 144 valence electrons. The van der Waals surface area contributed by atoms with Crippen LogP contribution in [0.5, 0.6) is 0 Å². The maximum absolute atomic E-state index is 12.9. The summed E-state index contributed by atoms with van der Waals surface area (Å²) < 4.78 is 7.12. The van der Waals surface area contributed by atoms with Crippen LogP contribution >= 0.6 is 0 Å². The molecule has 0 aliphatic carbocycles. The lowest BCUT2D eigenvalue weighted by atomic mass is 9.97. The van der Waals surface area contributed by atoms with Gasteiger partial charge in [-0.3, -0.25) is 14.2 Å². The summed E-state index contributed by atoms with van der Waals surface area (Å²) in [7, 11) is 0. The Morgan fingerprint density at radius 1 is 1.14 bits per heavy atom. The number of esters is 1. The van der Waals surface area contributed by atoms with Crippen molar-refractivity contribution in [3.05, 3.63) is 60.4 Å². The third-order valence-corrected chi connectivity index (χ3v) is 5.17. The number of hydrogen-bond acceptors (Lipinski definition) is 4. The fourth-order valence-electron chi connectivity index (χ4n) is 3.73. The van der Waals surface area contributed by atoms with Gasteiger partial charge in [-0.25, -0.2) is 4.98 Å². The van der Waals surface area contributed by atoms with Gasteiger partial charge in [0.1, 0.15) is 6.33 Å². The van der Waals surface area contributed by atoms with Crippen molar-refractivity contribution in [2.24, 2.45) is 5.92 Å². The number of fused-ring (bicyclic) bond motifs is 1. The first-order valence-electron chi connectivity index (χ1n) is 9.66. The number of aromatic nitrogens is 2. The lowest BCUT2D eigenvalue weighted by Gasteiger charge is -2.31. The Bertz CT molecular complexity index is 994. The van der Waals surface area contributed by atoms with Crippen molar-refractivity contribution >= 4 is 22.9 Å². The van der Waals surface area contributed by atoms with Gasteiger partial charge in [-0.15, -0.1) is 0 Å². The highest BCUT2D eigenvalue weighted by Gasteiger charge is 2.29. The molecular formula is C22H23N3O3. The normalized spacial score (nSPS) is 16.9. The highest BCUT2D eigenvalue weighted by Crippen LogP contribution is 2.22. The molecule has 1 amide bonds. The van der Waals surface area contributed by atoms with E-state index in [4.69, 9.17) is 4.74 Å². The van der Waals surface area contributed by atoms with Crippen LogP contribution in [0, 0.1) is 5.92 Å². The second-order valence-electron chi connectivity index (χ2n) is 6.99. The van der Waals surface area contributed by atoms with Crippen molar-refractivity contribution in [1.82, 2.24) is 14.5 Å². The van der Waals surface area contributed by atoms with Crippen molar-refractivity contribution < 1.29 is 14.3 Å². The predicted octanol–water partition coefficient (Wildman–Crippen LogP) is 3.44. The molecule has 1 atom stereocenters. The number of para-hydroxylation sites is 2. The minimum Gasteiger partial charge on any atom is -0.466 e. The Morgan fingerprint density at radius 2 is 1.93 bits per heavy atom. The number of nitrogens with zero attached hydrogens (tertiary/aromatic N) is 3. The molecule has 0 saturated carbocycles. The second kappa shape index (κ2) is 7.84. The maximum Gasteiger partial charge on any atom is 0.310 e. The fourth-order valence-corrected chi connectivity index (χ4v) is 3.73. The van der Waals surface area contributed by atoms with Gasteiger partial charge in [0.2, 0.25) is 0 Å². The summed E-state index contributed by atoms with van der Waals surface area (Å²) >= 11 is 0. The maximum atomic E-state index is 12.9. The van der Waals surface area contributed by atoms with Crippen LogP contribution in [0.25, 0.3) is 16.7 Å². The minimum atomic E-state index is -0.228. The van der Waals surface area contributed by atoms with E-state index in [0.717, 1.165) is 29.6 Å². The summed E-state index contributed by atoms with van der Waals surface area (Å²) in [6.45, 7) is 3.26. The van der Waals surface area contributed by atoms with E-state index in [1.165, 1.54) is 0 Å². The summed E-state index contributed by atoms with van der Waals surface area (Å²) in [5.41, 5.74) is 3.53. The number of rotatable bonds is 4. The van der Waals surface area contributed by atoms with Crippen LogP contribution in [0.2, 0.25) is 0 Å². The van der Waals surface area contributed by atoms with Gasteiger partial charge in [0.05, 0.1) is 23.6 Å². The van der Waals surface area contributed by atoms with Gasteiger partial charge in [-0.2, -0.15) is 0 Å². The molecule has 1 aromatic heterocycles. The zero-order chi connectivity index (χ0) is 19.5. The summed E-state index contributed by atoms with van der Waals surface area (Å²) in [6, 6.07) is 15.5. The lowest BCUT2D eigenvalue weighted by molar-refractivity contribution is -0.149. The van der Waals surface area contributed by atoms with Crippen molar-refractivity contribution in [3.63, 3.8) is 0 Å². The molecule has 3 aromatic rings. The topological polar surface area (TPSA) is 64.4 Å². The number of carbonyl (C=O) groups excluding carboxylic acids is 2. The Balaban J connectivity index is 1.50. The summed E-state index contributed by atoms with van der Waals surface area (Å²) in [6.07, 6.45) is 3.37. The Morgan fingerprint density at radius 3 is 2.71 bits per heavy atom. The highest BCUT2D eigenvalue weighted by molar-refractivity contribution is 5.95. The molecule has 1 aliphatic heterocycles. The first-order chi connectivity index (χ1) is 13.7. The van der Waals surface area contributed by atoms with Gasteiger partial charge in [-0.05, 0) is 56.2 Å². The Labute approximate surface area is 163 Å². The van der Waals surface area contributed by atoms with Gasteiger partial charge in [0, 0.05) is 24.3 Å². The molecule has 0 N–H and O–H groups in total. The van der Waals surface area contributed by atoms with Crippen molar-refractivity contribution in [3.8, 4) is 5.69 Å². The molecule has 2 aromatic carbocycles. The Hall–Kier alpha value is -3.15. The zero-order valence-electron chi connectivity index (χ0n) is 15.9. The van der Waals surface area contributed by atoms with E-state index in [0.29, 0.717) is 25.3 Å². The van der Waals surface area contributed by atoms with E-state index >= 15 is 0 Å². The molecule has 0 radical (unpaired) electrons. The van der Waals surface area contributed by atoms with Crippen molar-refractivity contribution in [2.45, 2.75) is 19.8 Å². The van der Waals surface area contributed by atoms with E-state index in [2.05, 4.69) is 4.98 Å². The predicted molar refractivity (Wildman–Crippen MR) is 106 cm³/mol. The molecule has 0 spiro atoms. The quantitative estimate of drug-likeness (QED) is 0.654. The van der Waals surface area contributed by atoms with Crippen molar-refractivity contribution in [2.75, 3.05) is 19.7 Å². The van der Waals surface area contributed by atoms with Crippen LogP contribution in [0.4, 0.5) is 0 Å². The average Bonchev–Trinajstić information content (AvgIpc) is 3.18. The number of hydrogen-bond donors (Lipinski definition) is 0. The SMILES string of the molecule is CCOC(=O)C1CCCN(C(=O)c2ccc(-n3cnc4ccccc43)cc2)C1. The molecule has 0 bridgehead atoms. The van der Waals surface area contributed by atoms with E-state index in [9.17, 15) is 9.59 Å². The van der Waals surface area contributed by atoms with Crippen LogP contribution in [0.3, 0.4) is 0 Å². The molecule has 1 unspecified atom stereocenters. The molecule has 1 saturated heterocycles. The van der Waals surface area contributed by atoms with E-state index in [1.54, 1.807) is 18.2 Å². The van der Waals surface area contributed by atoms with E-state index < -0.39 is 0 Å². The largest absolute Gasteiger partial charge is 0.466 e. The van der Waals surface area contributed by atoms with Gasteiger partial charge in [-0.1, -0.05) is 12.1 Å². The fraction of sp³-hybridized carbons (Fsp3) is 0.318. The summed E-state index contributed by atoms with van der Waals surface area (Å²) in [4.78, 5) is 31.1. The molecule has 4 rings (SSSR count). The number of likely N-dealkylation sites (tertiary alicyclic amines) is 1. The molecule has 2 heterocycles. The van der Waals surface area contributed by atoms with Crippen LogP contribution in [-0.4, -0.2) is 46.0 Å². The standard InChI is InChI=1S/C22H23N3O3/c1-2-28-22(27)17-6-5-13-24(14-17)21(26)16-9-11-18(12-10-16)25-15-23-19-7-3-4-8-20(19)25/h3-4,7-12,15,17H,2,5-6,13-14H2,1H3. The number of ether oxygens (including phenoxy) is 1. The molecule has 28 heavy (non-hydrogen) atoms. The van der Waals surface area contributed by atoms with Gasteiger partial charge < -0.3 is 9.64 Å². The third-order valence-electron chi connectivity index (χ3n) is 5.17. The highest BCUT2D eigenvalue weighted by atomic mass is 16.5. The number of carbonyl (C=O) groups is 2. The zero-order valence-corrected chi connectivity index (χ0v) is 15.9. The van der Waals surface area contributed by atoms with Gasteiger partial charge >= 0.3 is 5.97 Å². The van der Waals surface area contributed by atoms with Gasteiger partial charge in [0.15, 0.2) is 0 Å². The van der Waals surface area contributed by atoms with Crippen LogP contribution in [0.1, 0.15) is 30.1 Å². The first kappa shape index (κ1) is 18.2. The number of piperidine rings is 1. The smallest absolute Gasteiger partial charge is 0.310 e. The first-order valence-corrected chi connectivity index (χ1v) is 9.66. The lowest BCUT2D eigenvalue weighted by Crippen LogP contribution is -2.42. The number of amides is 1. The molecule has 1 fully saturated rings.